The van der Waals surface area contributed by atoms with E-state index in [4.69, 9.17) is 23.2 Å². The van der Waals surface area contributed by atoms with Crippen molar-refractivity contribution in [1.82, 2.24) is 5.32 Å². The second kappa shape index (κ2) is 6.98. The monoisotopic (exact) mass is 364 g/mol. The van der Waals surface area contributed by atoms with Gasteiger partial charge in [0, 0.05) is 9.90 Å². The molecule has 1 heterocycles. The summed E-state index contributed by atoms with van der Waals surface area (Å²) in [4.78, 5) is 1.00. The molecule has 2 rings (SSSR count). The van der Waals surface area contributed by atoms with Crippen LogP contribution in [0.2, 0.25) is 10.0 Å². The quantitative estimate of drug-likeness (QED) is 0.822. The van der Waals surface area contributed by atoms with Crippen molar-refractivity contribution in [3.63, 3.8) is 0 Å². The molecule has 0 amide bonds. The van der Waals surface area contributed by atoms with Gasteiger partial charge in [-0.25, -0.2) is 8.42 Å². The molecule has 0 bridgehead atoms. The first-order valence-electron chi connectivity index (χ1n) is 6.13. The number of sulfonamides is 1. The molecule has 2 N–H and O–H groups in total. The molecule has 0 atom stereocenters. The molecule has 0 radical (unpaired) electrons. The first-order chi connectivity index (χ1) is 9.92. The van der Waals surface area contributed by atoms with Crippen LogP contribution in [0.25, 0.3) is 0 Å². The maximum atomic E-state index is 12.3. The average Bonchev–Trinajstić information content (AvgIpc) is 2.90. The summed E-state index contributed by atoms with van der Waals surface area (Å²) in [6.45, 7) is 0.799. The molecular weight excluding hydrogens is 351 g/mol. The van der Waals surface area contributed by atoms with Gasteiger partial charge in [-0.05, 0) is 50.3 Å². The molecule has 4 nitrogen and oxygen atoms in total. The first kappa shape index (κ1) is 16.6. The Bertz CT molecular complexity index is 730. The lowest BCUT2D eigenvalue weighted by molar-refractivity contribution is 0.603. The van der Waals surface area contributed by atoms with E-state index in [0.29, 0.717) is 10.0 Å². The minimum atomic E-state index is -3.65. The van der Waals surface area contributed by atoms with Gasteiger partial charge >= 0.3 is 0 Å². The number of likely N-dealkylation sites (N-methyl/N-ethyl adjacent to an activating group) is 1. The van der Waals surface area contributed by atoms with Gasteiger partial charge in [0.2, 0.25) is 0 Å². The molecular formula is C13H14Cl2N2O2S2. The van der Waals surface area contributed by atoms with Crippen LogP contribution in [0.3, 0.4) is 0 Å². The molecule has 0 fully saturated rings. The van der Waals surface area contributed by atoms with Crippen LogP contribution in [0.4, 0.5) is 5.69 Å². The van der Waals surface area contributed by atoms with E-state index < -0.39 is 10.0 Å². The van der Waals surface area contributed by atoms with E-state index in [0.717, 1.165) is 17.8 Å². The van der Waals surface area contributed by atoms with Crippen molar-refractivity contribution < 1.29 is 8.42 Å². The third-order valence-electron chi connectivity index (χ3n) is 2.70. The lowest BCUT2D eigenvalue weighted by Gasteiger charge is -2.08. The number of anilines is 1. The largest absolute Gasteiger partial charge is 0.319 e. The summed E-state index contributed by atoms with van der Waals surface area (Å²) in [7, 11) is -1.80. The molecule has 0 aliphatic heterocycles. The number of rotatable bonds is 6. The predicted octanol–water partition coefficient (Wildman–Crippen LogP) is 3.62. The number of nitrogens with one attached hydrogen (secondary N) is 2. The summed E-state index contributed by atoms with van der Waals surface area (Å²) < 4.78 is 27.4. The highest BCUT2D eigenvalue weighted by atomic mass is 35.5. The number of benzene rings is 1. The Labute approximate surface area is 138 Å². The van der Waals surface area contributed by atoms with Gasteiger partial charge in [-0.3, -0.25) is 4.72 Å². The van der Waals surface area contributed by atoms with Gasteiger partial charge in [0.05, 0.1) is 10.7 Å². The summed E-state index contributed by atoms with van der Waals surface area (Å²) in [5.41, 5.74) is 0.273. The lowest BCUT2D eigenvalue weighted by atomic mass is 10.3. The van der Waals surface area contributed by atoms with E-state index in [1.165, 1.54) is 17.4 Å². The molecule has 0 spiro atoms. The normalized spacial score (nSPS) is 11.6. The van der Waals surface area contributed by atoms with Crippen molar-refractivity contribution >= 4 is 50.2 Å². The average molecular weight is 365 g/mol. The molecule has 21 heavy (non-hydrogen) atoms. The maximum absolute atomic E-state index is 12.3. The minimum Gasteiger partial charge on any atom is -0.319 e. The molecule has 2 aromatic rings. The van der Waals surface area contributed by atoms with E-state index in [1.54, 1.807) is 18.2 Å². The van der Waals surface area contributed by atoms with Gasteiger partial charge in [-0.2, -0.15) is 0 Å². The summed E-state index contributed by atoms with van der Waals surface area (Å²) in [5.74, 6) is 0. The van der Waals surface area contributed by atoms with Crippen LogP contribution in [0.5, 0.6) is 0 Å². The SMILES string of the molecule is CNCCc1ccc(S(=O)(=O)Nc2cc(Cl)ccc2Cl)s1. The second-order valence-corrected chi connectivity index (χ2v) is 8.23. The Morgan fingerprint density at radius 1 is 1.19 bits per heavy atom. The molecule has 114 valence electrons. The van der Waals surface area contributed by atoms with Crippen LogP contribution in [0.15, 0.2) is 34.5 Å². The lowest BCUT2D eigenvalue weighted by Crippen LogP contribution is -2.12. The maximum Gasteiger partial charge on any atom is 0.271 e. The zero-order valence-corrected chi connectivity index (χ0v) is 14.3. The molecule has 1 aromatic carbocycles. The molecule has 0 unspecified atom stereocenters. The van der Waals surface area contributed by atoms with Crippen LogP contribution in [0, 0.1) is 0 Å². The summed E-state index contributed by atoms with van der Waals surface area (Å²) >= 11 is 13.1. The van der Waals surface area contributed by atoms with E-state index in [-0.39, 0.29) is 9.90 Å². The molecule has 1 aromatic heterocycles. The Hall–Kier alpha value is -0.790. The van der Waals surface area contributed by atoms with Crippen LogP contribution < -0.4 is 10.0 Å². The van der Waals surface area contributed by atoms with Crippen molar-refractivity contribution in [2.45, 2.75) is 10.6 Å². The van der Waals surface area contributed by atoms with Gasteiger partial charge in [-0.1, -0.05) is 23.2 Å². The number of halogens is 2. The van der Waals surface area contributed by atoms with Crippen molar-refractivity contribution in [1.29, 1.82) is 0 Å². The van der Waals surface area contributed by atoms with Gasteiger partial charge in [0.15, 0.2) is 0 Å². The van der Waals surface area contributed by atoms with Gasteiger partial charge in [-0.15, -0.1) is 11.3 Å². The van der Waals surface area contributed by atoms with Crippen molar-refractivity contribution in [2.75, 3.05) is 18.3 Å². The molecule has 0 aliphatic carbocycles. The fourth-order valence-corrected chi connectivity index (χ4v) is 4.47. The molecule has 0 aliphatic rings. The highest BCUT2D eigenvalue weighted by molar-refractivity contribution is 7.94. The third-order valence-corrected chi connectivity index (χ3v) is 6.26. The van der Waals surface area contributed by atoms with Crippen LogP contribution in [-0.2, 0) is 16.4 Å². The van der Waals surface area contributed by atoms with E-state index in [1.807, 2.05) is 13.1 Å². The molecule has 0 saturated heterocycles. The summed E-state index contributed by atoms with van der Waals surface area (Å²) in [6, 6.07) is 8.04. The minimum absolute atomic E-state index is 0.254. The zero-order valence-electron chi connectivity index (χ0n) is 11.2. The van der Waals surface area contributed by atoms with E-state index in [2.05, 4.69) is 10.0 Å². The molecule has 8 heteroatoms. The topological polar surface area (TPSA) is 58.2 Å². The fourth-order valence-electron chi connectivity index (χ4n) is 1.66. The fraction of sp³-hybridized carbons (Fsp3) is 0.231. The summed E-state index contributed by atoms with van der Waals surface area (Å²) in [6.07, 6.45) is 0.786. The number of hydrogen-bond donors (Lipinski definition) is 2. The Morgan fingerprint density at radius 3 is 2.67 bits per heavy atom. The van der Waals surface area contributed by atoms with Gasteiger partial charge in [0.25, 0.3) is 10.0 Å². The molecule has 0 saturated carbocycles. The smallest absolute Gasteiger partial charge is 0.271 e. The zero-order chi connectivity index (χ0) is 15.5. The standard InChI is InChI=1S/C13H14Cl2N2O2S2/c1-16-7-6-10-3-5-13(20-10)21(18,19)17-12-8-9(14)2-4-11(12)15/h2-5,8,16-17H,6-7H2,1H3. The highest BCUT2D eigenvalue weighted by Gasteiger charge is 2.18. The number of thiophene rings is 1. The van der Waals surface area contributed by atoms with Crippen LogP contribution in [-0.4, -0.2) is 22.0 Å². The first-order valence-corrected chi connectivity index (χ1v) is 9.19. The highest BCUT2D eigenvalue weighted by Crippen LogP contribution is 2.29. The van der Waals surface area contributed by atoms with Crippen LogP contribution >= 0.6 is 34.5 Å². The Balaban J connectivity index is 2.22. The van der Waals surface area contributed by atoms with Crippen molar-refractivity contribution in [3.05, 3.63) is 45.3 Å². The Kier molecular flexibility index (Phi) is 5.51. The van der Waals surface area contributed by atoms with Crippen LogP contribution in [0.1, 0.15) is 4.88 Å². The number of hydrogen-bond acceptors (Lipinski definition) is 4. The van der Waals surface area contributed by atoms with E-state index in [9.17, 15) is 8.42 Å². The Morgan fingerprint density at radius 2 is 1.95 bits per heavy atom. The summed E-state index contributed by atoms with van der Waals surface area (Å²) in [5, 5.41) is 3.74. The van der Waals surface area contributed by atoms with E-state index >= 15 is 0 Å². The second-order valence-electron chi connectivity index (χ2n) is 4.30. The van der Waals surface area contributed by atoms with Crippen molar-refractivity contribution in [2.24, 2.45) is 0 Å². The van der Waals surface area contributed by atoms with Gasteiger partial charge < -0.3 is 5.32 Å². The van der Waals surface area contributed by atoms with Crippen molar-refractivity contribution in [3.8, 4) is 0 Å². The third kappa shape index (κ3) is 4.34. The van der Waals surface area contributed by atoms with Gasteiger partial charge in [0.1, 0.15) is 4.21 Å². The predicted molar refractivity (Wildman–Crippen MR) is 89.2 cm³/mol.